The van der Waals surface area contributed by atoms with Gasteiger partial charge in [0.15, 0.2) is 11.5 Å². The summed E-state index contributed by atoms with van der Waals surface area (Å²) in [6.07, 6.45) is -0.472. The Labute approximate surface area is 151 Å². The second kappa shape index (κ2) is 5.64. The van der Waals surface area contributed by atoms with E-state index < -0.39 is 11.5 Å². The van der Waals surface area contributed by atoms with E-state index in [0.717, 1.165) is 34.1 Å². The molecule has 134 valence electrons. The van der Waals surface area contributed by atoms with Crippen LogP contribution in [-0.4, -0.2) is 43.4 Å². The Hall–Kier alpha value is -2.73. The molecule has 2 aromatic carbocycles. The zero-order valence-electron chi connectivity index (χ0n) is 14.5. The van der Waals surface area contributed by atoms with Gasteiger partial charge in [-0.2, -0.15) is 0 Å². The predicted octanol–water partition coefficient (Wildman–Crippen LogP) is 2.15. The summed E-state index contributed by atoms with van der Waals surface area (Å²) in [6.45, 7) is 3.71. The molecule has 2 N–H and O–H groups in total. The van der Waals surface area contributed by atoms with Gasteiger partial charge in [-0.1, -0.05) is 18.2 Å². The third-order valence-electron chi connectivity index (χ3n) is 5.11. The molecular formula is C20H20N2O4. The van der Waals surface area contributed by atoms with E-state index >= 15 is 0 Å². The molecule has 5 rings (SSSR count). The fourth-order valence-electron chi connectivity index (χ4n) is 3.92. The second-order valence-electron chi connectivity index (χ2n) is 6.89. The third kappa shape index (κ3) is 2.12. The van der Waals surface area contributed by atoms with Gasteiger partial charge < -0.3 is 24.6 Å². The van der Waals surface area contributed by atoms with E-state index in [1.54, 1.807) is 6.92 Å². The number of aliphatic hydroxyl groups excluding tert-OH is 1. The lowest BCUT2D eigenvalue weighted by Gasteiger charge is -2.28. The fourth-order valence-corrected chi connectivity index (χ4v) is 3.92. The lowest BCUT2D eigenvalue weighted by atomic mass is 9.75. The molecule has 0 aromatic heterocycles. The Balaban J connectivity index is 1.67. The molecule has 1 spiro atoms. The second-order valence-corrected chi connectivity index (χ2v) is 6.89. The van der Waals surface area contributed by atoms with Crippen LogP contribution in [-0.2, 0) is 5.41 Å². The SMILES string of the molecule is C[C@@H](O)CNC1=Nc2ccccc2C12COc1cc3c(cc12)OCCO3. The van der Waals surface area contributed by atoms with Crippen LogP contribution >= 0.6 is 0 Å². The average molecular weight is 352 g/mol. The van der Waals surface area contributed by atoms with Gasteiger partial charge in [-0.3, -0.25) is 0 Å². The summed E-state index contributed by atoms with van der Waals surface area (Å²) in [5, 5.41) is 13.1. The monoisotopic (exact) mass is 352 g/mol. The number of hydrogen-bond acceptors (Lipinski definition) is 6. The quantitative estimate of drug-likeness (QED) is 0.867. The normalized spacial score (nSPS) is 23.1. The summed E-state index contributed by atoms with van der Waals surface area (Å²) in [6, 6.07) is 12.0. The van der Waals surface area contributed by atoms with Crippen molar-refractivity contribution in [2.24, 2.45) is 4.99 Å². The minimum absolute atomic E-state index is 0.425. The van der Waals surface area contributed by atoms with E-state index in [0.29, 0.717) is 32.1 Å². The summed E-state index contributed by atoms with van der Waals surface area (Å²) in [7, 11) is 0. The van der Waals surface area contributed by atoms with Crippen LogP contribution in [0.25, 0.3) is 0 Å². The minimum atomic E-state index is -0.517. The summed E-state index contributed by atoms with van der Waals surface area (Å²) < 4.78 is 17.6. The van der Waals surface area contributed by atoms with Gasteiger partial charge in [0.05, 0.1) is 11.8 Å². The molecule has 0 bridgehead atoms. The van der Waals surface area contributed by atoms with E-state index in [4.69, 9.17) is 19.2 Å². The Morgan fingerprint density at radius 3 is 2.65 bits per heavy atom. The summed E-state index contributed by atoms with van der Waals surface area (Å²) in [5.74, 6) is 3.04. The van der Waals surface area contributed by atoms with Gasteiger partial charge in [-0.15, -0.1) is 0 Å². The van der Waals surface area contributed by atoms with Gasteiger partial charge in [-0.25, -0.2) is 4.99 Å². The summed E-state index contributed by atoms with van der Waals surface area (Å²) in [4.78, 5) is 4.81. The molecule has 6 nitrogen and oxygen atoms in total. The van der Waals surface area contributed by atoms with Crippen molar-refractivity contribution >= 4 is 11.5 Å². The van der Waals surface area contributed by atoms with Crippen molar-refractivity contribution in [1.29, 1.82) is 0 Å². The number of amidine groups is 1. The number of nitrogens with zero attached hydrogens (tertiary/aromatic N) is 1. The van der Waals surface area contributed by atoms with E-state index in [1.165, 1.54) is 0 Å². The Bertz CT molecular complexity index is 909. The first-order chi connectivity index (χ1) is 12.7. The van der Waals surface area contributed by atoms with Crippen LogP contribution < -0.4 is 19.5 Å². The van der Waals surface area contributed by atoms with Gasteiger partial charge >= 0.3 is 0 Å². The van der Waals surface area contributed by atoms with Crippen molar-refractivity contribution in [3.05, 3.63) is 47.5 Å². The highest BCUT2D eigenvalue weighted by Crippen LogP contribution is 2.53. The number of aliphatic imine (C=N–C) groups is 1. The van der Waals surface area contributed by atoms with Crippen LogP contribution in [0.15, 0.2) is 41.4 Å². The van der Waals surface area contributed by atoms with Crippen molar-refractivity contribution in [2.45, 2.75) is 18.4 Å². The maximum absolute atomic E-state index is 9.73. The highest BCUT2D eigenvalue weighted by molar-refractivity contribution is 6.04. The highest BCUT2D eigenvalue weighted by atomic mass is 16.6. The molecule has 1 unspecified atom stereocenters. The van der Waals surface area contributed by atoms with Crippen LogP contribution in [0.4, 0.5) is 5.69 Å². The molecule has 2 aromatic rings. The zero-order chi connectivity index (χ0) is 17.7. The first kappa shape index (κ1) is 15.5. The molecule has 0 radical (unpaired) electrons. The number of para-hydroxylation sites is 1. The van der Waals surface area contributed by atoms with E-state index in [-0.39, 0.29) is 0 Å². The smallest absolute Gasteiger partial charge is 0.165 e. The number of rotatable bonds is 2. The van der Waals surface area contributed by atoms with Gasteiger partial charge in [0.1, 0.15) is 36.8 Å². The van der Waals surface area contributed by atoms with Crippen molar-refractivity contribution in [2.75, 3.05) is 26.4 Å². The number of fused-ring (bicyclic) bond motifs is 5. The van der Waals surface area contributed by atoms with E-state index in [2.05, 4.69) is 11.4 Å². The number of aliphatic hydroxyl groups is 1. The highest BCUT2D eigenvalue weighted by Gasteiger charge is 2.51. The zero-order valence-corrected chi connectivity index (χ0v) is 14.5. The Morgan fingerprint density at radius 1 is 1.08 bits per heavy atom. The van der Waals surface area contributed by atoms with Crippen LogP contribution in [0.1, 0.15) is 18.1 Å². The topological polar surface area (TPSA) is 72.3 Å². The van der Waals surface area contributed by atoms with Gasteiger partial charge in [0, 0.05) is 18.2 Å². The van der Waals surface area contributed by atoms with Gasteiger partial charge in [0.25, 0.3) is 0 Å². The van der Waals surface area contributed by atoms with Gasteiger partial charge in [0.2, 0.25) is 0 Å². The predicted molar refractivity (Wildman–Crippen MR) is 96.9 cm³/mol. The molecule has 0 aliphatic carbocycles. The maximum atomic E-state index is 9.73. The Morgan fingerprint density at radius 2 is 1.85 bits per heavy atom. The number of nitrogens with one attached hydrogen (secondary N) is 1. The van der Waals surface area contributed by atoms with E-state index in [1.807, 2.05) is 30.3 Å². The fraction of sp³-hybridized carbons (Fsp3) is 0.350. The van der Waals surface area contributed by atoms with Crippen molar-refractivity contribution in [3.63, 3.8) is 0 Å². The third-order valence-corrected chi connectivity index (χ3v) is 5.11. The maximum Gasteiger partial charge on any atom is 0.165 e. The van der Waals surface area contributed by atoms with E-state index in [9.17, 15) is 5.11 Å². The molecule has 2 atom stereocenters. The first-order valence-corrected chi connectivity index (χ1v) is 8.86. The molecule has 26 heavy (non-hydrogen) atoms. The molecule has 6 heteroatoms. The number of hydrogen-bond donors (Lipinski definition) is 2. The van der Waals surface area contributed by atoms with Crippen LogP contribution in [0, 0.1) is 0 Å². The molecular weight excluding hydrogens is 332 g/mol. The Kier molecular flexibility index (Phi) is 3.37. The van der Waals surface area contributed by atoms with Crippen LogP contribution in [0.5, 0.6) is 17.2 Å². The minimum Gasteiger partial charge on any atom is -0.491 e. The molecule has 0 saturated carbocycles. The molecule has 3 heterocycles. The molecule has 3 aliphatic heterocycles. The van der Waals surface area contributed by atoms with Crippen molar-refractivity contribution in [1.82, 2.24) is 5.32 Å². The number of benzene rings is 2. The standard InChI is InChI=1S/C20H20N2O4/c1-12(23)10-21-19-20(13-4-2-3-5-15(13)22-19)11-26-16-9-18-17(8-14(16)20)24-6-7-25-18/h2-5,8-9,12,23H,6-7,10-11H2,1H3,(H,21,22)/t12-,20?/m1/s1. The first-order valence-electron chi connectivity index (χ1n) is 8.86. The average Bonchev–Trinajstić information content (AvgIpc) is 3.18. The van der Waals surface area contributed by atoms with Crippen LogP contribution in [0.2, 0.25) is 0 Å². The molecule has 0 fully saturated rings. The van der Waals surface area contributed by atoms with Gasteiger partial charge in [-0.05, 0) is 24.6 Å². The lowest BCUT2D eigenvalue weighted by molar-refractivity contribution is 0.171. The van der Waals surface area contributed by atoms with Crippen molar-refractivity contribution < 1.29 is 19.3 Å². The van der Waals surface area contributed by atoms with Crippen molar-refractivity contribution in [3.8, 4) is 17.2 Å². The lowest BCUT2D eigenvalue weighted by Crippen LogP contribution is -2.46. The summed E-state index contributed by atoms with van der Waals surface area (Å²) in [5.41, 5.74) is 2.52. The summed E-state index contributed by atoms with van der Waals surface area (Å²) >= 11 is 0. The number of ether oxygens (including phenoxy) is 3. The van der Waals surface area contributed by atoms with Crippen LogP contribution in [0.3, 0.4) is 0 Å². The molecule has 0 amide bonds. The largest absolute Gasteiger partial charge is 0.491 e. The molecule has 3 aliphatic rings. The molecule has 0 saturated heterocycles.